The summed E-state index contributed by atoms with van der Waals surface area (Å²) in [4.78, 5) is 34.3. The quantitative estimate of drug-likeness (QED) is 0.670. The number of amides is 1. The maximum atomic E-state index is 14.0. The van der Waals surface area contributed by atoms with Crippen molar-refractivity contribution in [3.05, 3.63) is 52.2 Å². The van der Waals surface area contributed by atoms with E-state index in [-0.39, 0.29) is 23.3 Å². The van der Waals surface area contributed by atoms with Crippen molar-refractivity contribution in [2.75, 3.05) is 5.32 Å². The molecule has 0 aliphatic heterocycles. The number of nitrogens with one attached hydrogen (secondary N) is 2. The number of nitrogens with zero attached hydrogens (tertiary/aromatic N) is 3. The summed E-state index contributed by atoms with van der Waals surface area (Å²) >= 11 is 0. The van der Waals surface area contributed by atoms with Crippen molar-refractivity contribution in [3.63, 3.8) is 0 Å². The summed E-state index contributed by atoms with van der Waals surface area (Å²) in [7, 11) is 0. The largest absolute Gasteiger partial charge is 0.339 e. The first-order valence-electron chi connectivity index (χ1n) is 7.91. The van der Waals surface area contributed by atoms with Crippen molar-refractivity contribution in [1.82, 2.24) is 19.5 Å². The van der Waals surface area contributed by atoms with E-state index in [0.29, 0.717) is 30.1 Å². The smallest absolute Gasteiger partial charge is 0.274 e. The monoisotopic (exact) mass is 343 g/mol. The lowest BCUT2D eigenvalue weighted by atomic mass is 10.1. The molecule has 1 amide bonds. The molecule has 0 saturated carbocycles. The van der Waals surface area contributed by atoms with Gasteiger partial charge in [0.05, 0.1) is 24.0 Å². The molecule has 3 heterocycles. The van der Waals surface area contributed by atoms with Gasteiger partial charge in [-0.2, -0.15) is 0 Å². The average molecular weight is 343 g/mol. The molecule has 0 bridgehead atoms. The van der Waals surface area contributed by atoms with Gasteiger partial charge in [0.1, 0.15) is 17.0 Å². The molecule has 130 valence electrons. The van der Waals surface area contributed by atoms with E-state index in [2.05, 4.69) is 34.1 Å². The third-order valence-electron chi connectivity index (χ3n) is 3.76. The van der Waals surface area contributed by atoms with Gasteiger partial charge >= 0.3 is 0 Å². The molecule has 0 atom stereocenters. The Bertz CT molecular complexity index is 977. The lowest BCUT2D eigenvalue weighted by Crippen LogP contribution is -2.23. The second-order valence-electron chi connectivity index (χ2n) is 6.18. The van der Waals surface area contributed by atoms with Crippen molar-refractivity contribution >= 4 is 23.1 Å². The molecule has 2 N–H and O–H groups in total. The average Bonchev–Trinajstić information content (AvgIpc) is 2.99. The Kier molecular flexibility index (Phi) is 4.60. The first-order valence-corrected chi connectivity index (χ1v) is 7.91. The van der Waals surface area contributed by atoms with Crippen LogP contribution in [-0.4, -0.2) is 25.9 Å². The fourth-order valence-corrected chi connectivity index (χ4v) is 2.68. The molecule has 0 saturated heterocycles. The van der Waals surface area contributed by atoms with Crippen LogP contribution in [0.5, 0.6) is 0 Å². The van der Waals surface area contributed by atoms with Crippen LogP contribution in [0.3, 0.4) is 0 Å². The van der Waals surface area contributed by atoms with Gasteiger partial charge in [-0.1, -0.05) is 13.8 Å². The second kappa shape index (κ2) is 6.84. The number of halogens is 1. The van der Waals surface area contributed by atoms with Crippen LogP contribution in [0, 0.1) is 11.7 Å². The van der Waals surface area contributed by atoms with Gasteiger partial charge in [-0.05, 0) is 24.5 Å². The predicted molar refractivity (Wildman–Crippen MR) is 91.9 cm³/mol. The molecular weight excluding hydrogens is 325 g/mol. The summed E-state index contributed by atoms with van der Waals surface area (Å²) in [6.07, 6.45) is 3.89. The maximum Gasteiger partial charge on any atom is 0.274 e. The highest BCUT2D eigenvalue weighted by molar-refractivity contribution is 5.78. The van der Waals surface area contributed by atoms with Crippen molar-refractivity contribution in [2.45, 2.75) is 26.8 Å². The van der Waals surface area contributed by atoms with Crippen LogP contribution < -0.4 is 10.9 Å². The number of carbonyl (C=O) groups is 1. The van der Waals surface area contributed by atoms with Gasteiger partial charge in [-0.15, -0.1) is 0 Å². The van der Waals surface area contributed by atoms with Crippen LogP contribution in [0.4, 0.5) is 10.1 Å². The zero-order valence-corrected chi connectivity index (χ0v) is 13.9. The topological polar surface area (TPSA) is 92.7 Å². The molecule has 0 fully saturated rings. The van der Waals surface area contributed by atoms with Crippen LogP contribution in [0.2, 0.25) is 0 Å². The van der Waals surface area contributed by atoms with Gasteiger partial charge in [0.2, 0.25) is 6.41 Å². The molecule has 0 radical (unpaired) electrons. The van der Waals surface area contributed by atoms with E-state index >= 15 is 0 Å². The number of hydrogen-bond acceptors (Lipinski definition) is 4. The number of imidazole rings is 1. The third-order valence-corrected chi connectivity index (χ3v) is 3.76. The first kappa shape index (κ1) is 16.8. The summed E-state index contributed by atoms with van der Waals surface area (Å²) in [5.41, 5.74) is 1.32. The number of hydrogen-bond donors (Lipinski definition) is 2. The number of H-pyrrole nitrogens is 1. The summed E-state index contributed by atoms with van der Waals surface area (Å²) in [5.74, 6) is 0.299. The van der Waals surface area contributed by atoms with E-state index in [0.717, 1.165) is 5.69 Å². The Morgan fingerprint density at radius 1 is 1.44 bits per heavy atom. The number of carbonyl (C=O) groups excluding carboxylic acids is 1. The minimum absolute atomic E-state index is 0.127. The van der Waals surface area contributed by atoms with E-state index in [1.165, 1.54) is 16.8 Å². The molecular formula is C17H18FN5O2. The number of rotatable bonds is 6. The minimum atomic E-state index is -0.506. The van der Waals surface area contributed by atoms with Gasteiger partial charge in [0, 0.05) is 6.20 Å². The second-order valence-corrected chi connectivity index (χ2v) is 6.18. The van der Waals surface area contributed by atoms with E-state index in [4.69, 9.17) is 0 Å². The summed E-state index contributed by atoms with van der Waals surface area (Å²) < 4.78 is 15.4. The third kappa shape index (κ3) is 3.42. The molecule has 7 nitrogen and oxygen atoms in total. The van der Waals surface area contributed by atoms with E-state index < -0.39 is 5.82 Å². The summed E-state index contributed by atoms with van der Waals surface area (Å²) in [6, 6.07) is 3.15. The molecule has 3 rings (SSSR count). The molecule has 8 heteroatoms. The van der Waals surface area contributed by atoms with Crippen LogP contribution in [0.25, 0.3) is 11.0 Å². The van der Waals surface area contributed by atoms with Gasteiger partial charge in [-0.3, -0.25) is 14.6 Å². The van der Waals surface area contributed by atoms with E-state index in [1.54, 1.807) is 12.3 Å². The highest BCUT2D eigenvalue weighted by Crippen LogP contribution is 2.20. The van der Waals surface area contributed by atoms with E-state index in [9.17, 15) is 14.0 Å². The number of fused-ring (bicyclic) bond motifs is 1. The van der Waals surface area contributed by atoms with Crippen LogP contribution in [0.15, 0.2) is 29.3 Å². The number of aromatic amines is 1. The van der Waals surface area contributed by atoms with Crippen LogP contribution >= 0.6 is 0 Å². The Morgan fingerprint density at radius 2 is 2.24 bits per heavy atom. The molecule has 0 aliphatic rings. The van der Waals surface area contributed by atoms with Gasteiger partial charge in [0.25, 0.3) is 5.56 Å². The highest BCUT2D eigenvalue weighted by atomic mass is 19.1. The molecule has 0 spiro atoms. The fraction of sp³-hybridized carbons (Fsp3) is 0.294. The predicted octanol–water partition coefficient (Wildman–Crippen LogP) is 2.07. The fourth-order valence-electron chi connectivity index (χ4n) is 2.68. The zero-order valence-electron chi connectivity index (χ0n) is 13.9. The Balaban J connectivity index is 2.00. The summed E-state index contributed by atoms with van der Waals surface area (Å²) in [6.45, 7) is 4.24. The standard InChI is InChI=1S/C17H18FN5O2/c1-10(2)6-13-16-15(11(18)7-19-13)21-14(22-16)8-23-5-3-4-12(17(23)25)20-9-24/h3-5,7,9-10H,6,8H2,1-2H3,(H,20,24)(H,21,22). The normalized spacial score (nSPS) is 11.2. The summed E-state index contributed by atoms with van der Waals surface area (Å²) in [5, 5.41) is 2.35. The van der Waals surface area contributed by atoms with Gasteiger partial charge in [-0.25, -0.2) is 9.37 Å². The Labute approximate surface area is 142 Å². The molecule has 0 aromatic carbocycles. The lowest BCUT2D eigenvalue weighted by Gasteiger charge is -2.05. The van der Waals surface area contributed by atoms with Crippen molar-refractivity contribution in [2.24, 2.45) is 5.92 Å². The van der Waals surface area contributed by atoms with E-state index in [1.807, 2.05) is 0 Å². The molecule has 3 aromatic heterocycles. The first-order chi connectivity index (χ1) is 12.0. The maximum absolute atomic E-state index is 14.0. The SMILES string of the molecule is CC(C)Cc1ncc(F)c2nc(Cn3cccc(NC=O)c3=O)[nH]c12. The van der Waals surface area contributed by atoms with Gasteiger partial charge in [0.15, 0.2) is 5.82 Å². The minimum Gasteiger partial charge on any atom is -0.339 e. The Hall–Kier alpha value is -3.03. The molecule has 0 unspecified atom stereocenters. The van der Waals surface area contributed by atoms with Gasteiger partial charge < -0.3 is 14.9 Å². The number of anilines is 1. The van der Waals surface area contributed by atoms with Crippen LogP contribution in [-0.2, 0) is 17.8 Å². The Morgan fingerprint density at radius 3 is 2.96 bits per heavy atom. The molecule has 3 aromatic rings. The lowest BCUT2D eigenvalue weighted by molar-refractivity contribution is -0.105. The van der Waals surface area contributed by atoms with Crippen molar-refractivity contribution < 1.29 is 9.18 Å². The number of pyridine rings is 2. The molecule has 25 heavy (non-hydrogen) atoms. The molecule has 0 aliphatic carbocycles. The number of aromatic nitrogens is 4. The van der Waals surface area contributed by atoms with Crippen LogP contribution in [0.1, 0.15) is 25.4 Å². The zero-order chi connectivity index (χ0) is 18.0. The van der Waals surface area contributed by atoms with Crippen molar-refractivity contribution in [3.8, 4) is 0 Å². The highest BCUT2D eigenvalue weighted by Gasteiger charge is 2.15. The van der Waals surface area contributed by atoms with Crippen molar-refractivity contribution in [1.29, 1.82) is 0 Å².